The molecule has 1 aromatic rings. The molecule has 0 spiro atoms. The number of carbonyl (C=O) groups excluding carboxylic acids is 2. The number of carbonyl (C=O) groups is 2. The van der Waals surface area contributed by atoms with Crippen molar-refractivity contribution in [1.82, 2.24) is 4.90 Å². The highest BCUT2D eigenvalue weighted by atomic mass is 19.3. The van der Waals surface area contributed by atoms with Gasteiger partial charge in [-0.15, -0.1) is 0 Å². The first kappa shape index (κ1) is 20.6. The third-order valence-corrected chi connectivity index (χ3v) is 4.10. The number of alkyl halides is 2. The zero-order valence-corrected chi connectivity index (χ0v) is 15.5. The normalized spacial score (nSPS) is 15.0. The number of hydrogen-bond donors (Lipinski definition) is 0. The fraction of sp³-hybridized carbons (Fsp3) is 0.526. The minimum atomic E-state index is -3.00. The van der Waals surface area contributed by atoms with Crippen LogP contribution < -0.4 is 4.74 Å². The molecule has 0 bridgehead atoms. The quantitative estimate of drug-likeness (QED) is 0.664. The Hall–Kier alpha value is -2.69. The van der Waals surface area contributed by atoms with Crippen LogP contribution in [0.2, 0.25) is 0 Å². The van der Waals surface area contributed by atoms with Crippen LogP contribution in [0.1, 0.15) is 50.4 Å². The van der Waals surface area contributed by atoms with E-state index in [2.05, 4.69) is 4.74 Å². The highest BCUT2D eigenvalue weighted by Gasteiger charge is 2.51. The minimum Gasteiger partial charge on any atom is -0.444 e. The number of ketones is 1. The average molecular weight is 380 g/mol. The lowest BCUT2D eigenvalue weighted by Crippen LogP contribution is -2.47. The number of nitrogens with zero attached hydrogens (tertiary/aromatic N) is 2. The number of rotatable bonds is 7. The van der Waals surface area contributed by atoms with Crippen molar-refractivity contribution < 1.29 is 27.8 Å². The Bertz CT molecular complexity index is 749. The second-order valence-corrected chi connectivity index (χ2v) is 7.46. The molecule has 0 radical (unpaired) electrons. The predicted molar refractivity (Wildman–Crippen MR) is 92.5 cm³/mol. The second-order valence-electron chi connectivity index (χ2n) is 7.46. The average Bonchev–Trinajstić information content (AvgIpc) is 3.31. The molecule has 1 aromatic carbocycles. The van der Waals surface area contributed by atoms with Gasteiger partial charge in [-0.3, -0.25) is 9.69 Å². The molecule has 0 N–H and O–H groups in total. The zero-order chi connectivity index (χ0) is 20.2. The molecule has 0 atom stereocenters. The van der Waals surface area contributed by atoms with Gasteiger partial charge in [0.1, 0.15) is 11.4 Å². The number of hydrogen-bond acceptors (Lipinski definition) is 5. The van der Waals surface area contributed by atoms with E-state index in [1.165, 1.54) is 29.2 Å². The fourth-order valence-corrected chi connectivity index (χ4v) is 2.66. The van der Waals surface area contributed by atoms with Crippen LogP contribution in [0.4, 0.5) is 13.6 Å². The number of amides is 1. The van der Waals surface area contributed by atoms with Crippen LogP contribution in [-0.4, -0.2) is 41.1 Å². The first-order chi connectivity index (χ1) is 12.6. The molecule has 8 heteroatoms. The van der Waals surface area contributed by atoms with Gasteiger partial charge in [-0.1, -0.05) is 12.1 Å². The van der Waals surface area contributed by atoms with Gasteiger partial charge in [0.05, 0.1) is 24.6 Å². The van der Waals surface area contributed by atoms with Crippen molar-refractivity contribution >= 4 is 11.9 Å². The minimum absolute atomic E-state index is 0.0913. The largest absolute Gasteiger partial charge is 0.444 e. The summed E-state index contributed by atoms with van der Waals surface area (Å²) in [6.07, 6.45) is 0.612. The monoisotopic (exact) mass is 380 g/mol. The third kappa shape index (κ3) is 5.64. The molecule has 1 fully saturated rings. The molecule has 27 heavy (non-hydrogen) atoms. The van der Waals surface area contributed by atoms with Gasteiger partial charge in [-0.05, 0) is 45.7 Å². The van der Waals surface area contributed by atoms with Crippen LogP contribution in [0, 0.1) is 11.3 Å². The molecule has 146 valence electrons. The van der Waals surface area contributed by atoms with Gasteiger partial charge < -0.3 is 9.47 Å². The van der Waals surface area contributed by atoms with E-state index in [9.17, 15) is 18.4 Å². The Labute approximate surface area is 156 Å². The maximum Gasteiger partial charge on any atom is 0.411 e. The van der Waals surface area contributed by atoms with Crippen LogP contribution in [0.5, 0.6) is 5.75 Å². The summed E-state index contributed by atoms with van der Waals surface area (Å²) in [5.74, 6) is -0.595. The molecule has 6 nitrogen and oxygen atoms in total. The van der Waals surface area contributed by atoms with Crippen LogP contribution >= 0.6 is 0 Å². The lowest BCUT2D eigenvalue weighted by molar-refractivity contribution is -0.0498. The van der Waals surface area contributed by atoms with E-state index in [1.54, 1.807) is 20.8 Å². The third-order valence-electron chi connectivity index (χ3n) is 4.10. The molecule has 1 aliphatic carbocycles. The summed E-state index contributed by atoms with van der Waals surface area (Å²) < 4.78 is 34.4. The topological polar surface area (TPSA) is 79.6 Å². The van der Waals surface area contributed by atoms with Crippen LogP contribution in [0.25, 0.3) is 0 Å². The van der Waals surface area contributed by atoms with Gasteiger partial charge in [0.25, 0.3) is 0 Å². The molecule has 1 saturated carbocycles. The van der Waals surface area contributed by atoms with E-state index in [-0.39, 0.29) is 24.3 Å². The summed E-state index contributed by atoms with van der Waals surface area (Å²) in [6.45, 7) is 1.81. The van der Waals surface area contributed by atoms with Gasteiger partial charge >= 0.3 is 12.7 Å². The van der Waals surface area contributed by atoms with Crippen molar-refractivity contribution in [1.29, 1.82) is 5.26 Å². The van der Waals surface area contributed by atoms with Crippen molar-refractivity contribution in [3.05, 3.63) is 29.8 Å². The summed E-state index contributed by atoms with van der Waals surface area (Å²) >= 11 is 0. The van der Waals surface area contributed by atoms with Crippen molar-refractivity contribution in [3.63, 3.8) is 0 Å². The smallest absolute Gasteiger partial charge is 0.411 e. The number of halogens is 2. The highest BCUT2D eigenvalue weighted by molar-refractivity contribution is 5.99. The summed E-state index contributed by atoms with van der Waals surface area (Å²) in [4.78, 5) is 26.6. The predicted octanol–water partition coefficient (Wildman–Crippen LogP) is 4.15. The first-order valence-electron chi connectivity index (χ1n) is 8.52. The molecular weight excluding hydrogens is 358 g/mol. The maximum atomic E-state index is 12.7. The van der Waals surface area contributed by atoms with Crippen molar-refractivity contribution in [2.24, 2.45) is 0 Å². The van der Waals surface area contributed by atoms with Crippen molar-refractivity contribution in [2.45, 2.75) is 57.8 Å². The van der Waals surface area contributed by atoms with E-state index < -0.39 is 29.6 Å². The van der Waals surface area contributed by atoms with Crippen LogP contribution in [-0.2, 0) is 4.74 Å². The van der Waals surface area contributed by atoms with E-state index in [0.29, 0.717) is 12.8 Å². The first-order valence-corrected chi connectivity index (χ1v) is 8.52. The Balaban J connectivity index is 2.21. The Kier molecular flexibility index (Phi) is 6.04. The van der Waals surface area contributed by atoms with E-state index in [0.717, 1.165) is 0 Å². The molecule has 0 unspecified atom stereocenters. The summed E-state index contributed by atoms with van der Waals surface area (Å²) in [7, 11) is 0. The van der Waals surface area contributed by atoms with E-state index in [1.807, 2.05) is 6.07 Å². The molecule has 1 amide bonds. The lowest BCUT2D eigenvalue weighted by Gasteiger charge is -2.32. The Morgan fingerprint density at radius 2 is 2.00 bits per heavy atom. The molecule has 2 rings (SSSR count). The Morgan fingerprint density at radius 1 is 1.33 bits per heavy atom. The van der Waals surface area contributed by atoms with Gasteiger partial charge in [0.15, 0.2) is 5.78 Å². The highest BCUT2D eigenvalue weighted by Crippen LogP contribution is 2.45. The van der Waals surface area contributed by atoms with Gasteiger partial charge in [0, 0.05) is 5.56 Å². The molecule has 0 aliphatic heterocycles. The fourth-order valence-electron chi connectivity index (χ4n) is 2.66. The molecule has 1 aliphatic rings. The van der Waals surface area contributed by atoms with Crippen LogP contribution in [0.15, 0.2) is 24.3 Å². The lowest BCUT2D eigenvalue weighted by atomic mass is 10.1. The zero-order valence-electron chi connectivity index (χ0n) is 15.5. The summed E-state index contributed by atoms with van der Waals surface area (Å²) in [6, 6.07) is 7.44. The summed E-state index contributed by atoms with van der Waals surface area (Å²) in [5, 5.41) is 9.08. The van der Waals surface area contributed by atoms with E-state index in [4.69, 9.17) is 10.00 Å². The standard InChI is InChI=1S/C19H22F2N2O4/c1-18(2,3)27-17(25)23(19(7-8-19)9-10-22)12-15(24)13-5-4-6-14(11-13)26-16(20)21/h4-6,11,16H,7-9,12H2,1-3H3. The van der Waals surface area contributed by atoms with E-state index >= 15 is 0 Å². The van der Waals surface area contributed by atoms with Crippen molar-refractivity contribution in [2.75, 3.05) is 6.54 Å². The molecule has 0 saturated heterocycles. The Morgan fingerprint density at radius 3 is 2.52 bits per heavy atom. The van der Waals surface area contributed by atoms with Crippen molar-refractivity contribution in [3.8, 4) is 11.8 Å². The molecule has 0 heterocycles. The SMILES string of the molecule is CC(C)(C)OC(=O)N(CC(=O)c1cccc(OC(F)F)c1)C1(CC#N)CC1. The number of benzene rings is 1. The van der Waals surface area contributed by atoms with Gasteiger partial charge in [0.2, 0.25) is 0 Å². The number of nitriles is 1. The van der Waals surface area contributed by atoms with Crippen LogP contribution in [0.3, 0.4) is 0 Å². The number of Topliss-reactive ketones (excluding diaryl/α,β-unsaturated/α-hetero) is 1. The second kappa shape index (κ2) is 7.91. The molecule has 0 aromatic heterocycles. The van der Waals surface area contributed by atoms with Gasteiger partial charge in [-0.2, -0.15) is 14.0 Å². The summed E-state index contributed by atoms with van der Waals surface area (Å²) in [5.41, 5.74) is -1.34. The molecular formula is C19H22F2N2O4. The number of ether oxygens (including phenoxy) is 2. The van der Waals surface area contributed by atoms with Gasteiger partial charge in [-0.25, -0.2) is 4.79 Å². The maximum absolute atomic E-state index is 12.7.